The fourth-order valence-electron chi connectivity index (χ4n) is 2.34. The molecule has 0 aliphatic heterocycles. The Morgan fingerprint density at radius 1 is 1.59 bits per heavy atom. The number of aliphatic carboxylic acids is 1. The predicted octanol–water partition coefficient (Wildman–Crippen LogP) is 2.40. The lowest BCUT2D eigenvalue weighted by Crippen LogP contribution is -2.32. The minimum Gasteiger partial charge on any atom is -0.481 e. The van der Waals surface area contributed by atoms with E-state index in [1.165, 1.54) is 0 Å². The quantitative estimate of drug-likeness (QED) is 0.900. The van der Waals surface area contributed by atoms with Crippen LogP contribution in [0.5, 0.6) is 0 Å². The van der Waals surface area contributed by atoms with Crippen LogP contribution in [0.25, 0.3) is 0 Å². The number of nitrogens with zero attached hydrogens (tertiary/aromatic N) is 2. The Morgan fingerprint density at radius 2 is 2.35 bits per heavy atom. The van der Waals surface area contributed by atoms with Crippen molar-refractivity contribution in [2.75, 3.05) is 0 Å². The van der Waals surface area contributed by atoms with Crippen LogP contribution in [0.3, 0.4) is 0 Å². The van der Waals surface area contributed by atoms with Crippen LogP contribution < -0.4 is 0 Å². The van der Waals surface area contributed by atoms with Crippen molar-refractivity contribution in [3.63, 3.8) is 0 Å². The molecule has 1 aromatic rings. The smallest absolute Gasteiger partial charge is 0.307 e. The first kappa shape index (κ1) is 12.5. The van der Waals surface area contributed by atoms with Crippen molar-refractivity contribution < 1.29 is 9.90 Å². The molecular formula is C12H18N2O2S. The third-order valence-corrected chi connectivity index (χ3v) is 4.83. The first-order valence-corrected chi connectivity index (χ1v) is 6.82. The van der Waals surface area contributed by atoms with E-state index in [9.17, 15) is 9.90 Å². The maximum absolute atomic E-state index is 11.2. The van der Waals surface area contributed by atoms with Crippen LogP contribution in [-0.2, 0) is 11.8 Å². The second-order valence-electron chi connectivity index (χ2n) is 4.84. The Labute approximate surface area is 105 Å². The van der Waals surface area contributed by atoms with Gasteiger partial charge in [0.05, 0.1) is 5.92 Å². The van der Waals surface area contributed by atoms with E-state index in [1.807, 2.05) is 17.8 Å². The van der Waals surface area contributed by atoms with Crippen LogP contribution in [0.1, 0.15) is 26.2 Å². The van der Waals surface area contributed by atoms with Gasteiger partial charge < -0.3 is 9.67 Å². The zero-order chi connectivity index (χ0) is 12.4. The third-order valence-electron chi connectivity index (χ3n) is 3.40. The van der Waals surface area contributed by atoms with E-state index in [-0.39, 0.29) is 11.2 Å². The van der Waals surface area contributed by atoms with E-state index in [1.54, 1.807) is 18.0 Å². The van der Waals surface area contributed by atoms with Crippen molar-refractivity contribution >= 4 is 17.7 Å². The zero-order valence-electron chi connectivity index (χ0n) is 10.2. The monoisotopic (exact) mass is 254 g/mol. The molecule has 0 spiro atoms. The standard InChI is InChI=1S/C12H18N2O2S/c1-8-3-4-9(11(15)16)10(7-8)17-12-13-5-6-14(12)2/h5-6,8-10H,3-4,7H2,1-2H3,(H,15,16). The number of aromatic nitrogens is 2. The van der Waals surface area contributed by atoms with Gasteiger partial charge in [0.15, 0.2) is 5.16 Å². The van der Waals surface area contributed by atoms with Crippen LogP contribution in [0.4, 0.5) is 0 Å². The van der Waals surface area contributed by atoms with Gasteiger partial charge in [0.25, 0.3) is 0 Å². The van der Waals surface area contributed by atoms with E-state index in [0.717, 1.165) is 24.4 Å². The molecule has 1 saturated carbocycles. The summed E-state index contributed by atoms with van der Waals surface area (Å²) in [7, 11) is 1.94. The van der Waals surface area contributed by atoms with Gasteiger partial charge in [0, 0.05) is 24.7 Å². The molecule has 1 aromatic heterocycles. The van der Waals surface area contributed by atoms with Crippen molar-refractivity contribution in [3.8, 4) is 0 Å². The summed E-state index contributed by atoms with van der Waals surface area (Å²) < 4.78 is 1.95. The number of carboxylic acid groups (broad SMARTS) is 1. The van der Waals surface area contributed by atoms with E-state index < -0.39 is 5.97 Å². The highest BCUT2D eigenvalue weighted by Crippen LogP contribution is 2.39. The van der Waals surface area contributed by atoms with E-state index >= 15 is 0 Å². The van der Waals surface area contributed by atoms with Crippen LogP contribution in [0.2, 0.25) is 0 Å². The summed E-state index contributed by atoms with van der Waals surface area (Å²) in [4.78, 5) is 15.5. The number of carboxylic acids is 1. The average molecular weight is 254 g/mol. The SMILES string of the molecule is CC1CCC(C(=O)O)C(Sc2nccn2C)C1. The molecule has 3 atom stereocenters. The number of rotatable bonds is 3. The highest BCUT2D eigenvalue weighted by molar-refractivity contribution is 7.99. The molecular weight excluding hydrogens is 236 g/mol. The molecule has 1 heterocycles. The lowest BCUT2D eigenvalue weighted by Gasteiger charge is -2.31. The van der Waals surface area contributed by atoms with Crippen LogP contribution in [0, 0.1) is 11.8 Å². The second-order valence-corrected chi connectivity index (χ2v) is 6.05. The lowest BCUT2D eigenvalue weighted by molar-refractivity contribution is -0.142. The van der Waals surface area contributed by atoms with Gasteiger partial charge in [-0.1, -0.05) is 18.7 Å². The fourth-order valence-corrected chi connectivity index (χ4v) is 3.80. The summed E-state index contributed by atoms with van der Waals surface area (Å²) in [6.45, 7) is 2.20. The van der Waals surface area contributed by atoms with Gasteiger partial charge in [-0.05, 0) is 25.2 Å². The molecule has 1 N–H and O–H groups in total. The van der Waals surface area contributed by atoms with Crippen LogP contribution in [0.15, 0.2) is 17.6 Å². The van der Waals surface area contributed by atoms with Crippen molar-refractivity contribution in [1.82, 2.24) is 9.55 Å². The summed E-state index contributed by atoms with van der Waals surface area (Å²) in [5, 5.41) is 10.3. The topological polar surface area (TPSA) is 55.1 Å². The Balaban J connectivity index is 2.10. The number of aryl methyl sites for hydroxylation is 1. The van der Waals surface area contributed by atoms with Crippen molar-refractivity contribution in [1.29, 1.82) is 0 Å². The largest absolute Gasteiger partial charge is 0.481 e. The molecule has 1 fully saturated rings. The third kappa shape index (κ3) is 2.83. The Kier molecular flexibility index (Phi) is 3.76. The first-order chi connectivity index (χ1) is 8.08. The molecule has 3 unspecified atom stereocenters. The molecule has 1 aliphatic rings. The summed E-state index contributed by atoms with van der Waals surface area (Å²) in [6, 6.07) is 0. The van der Waals surface area contributed by atoms with Crippen molar-refractivity contribution in [3.05, 3.63) is 12.4 Å². The van der Waals surface area contributed by atoms with Gasteiger partial charge in [-0.2, -0.15) is 0 Å². The van der Waals surface area contributed by atoms with Gasteiger partial charge >= 0.3 is 5.97 Å². The summed E-state index contributed by atoms with van der Waals surface area (Å²) >= 11 is 1.61. The zero-order valence-corrected chi connectivity index (χ0v) is 11.0. The normalized spacial score (nSPS) is 29.2. The second kappa shape index (κ2) is 5.12. The number of hydrogen-bond donors (Lipinski definition) is 1. The lowest BCUT2D eigenvalue weighted by atomic mass is 9.82. The molecule has 1 aliphatic carbocycles. The molecule has 2 rings (SSSR count). The van der Waals surface area contributed by atoms with Gasteiger partial charge in [0.2, 0.25) is 0 Å². The van der Waals surface area contributed by atoms with Crippen LogP contribution in [-0.4, -0.2) is 25.9 Å². The molecule has 0 aromatic carbocycles. The Hall–Kier alpha value is -0.970. The summed E-state index contributed by atoms with van der Waals surface area (Å²) in [5.41, 5.74) is 0. The summed E-state index contributed by atoms with van der Waals surface area (Å²) in [6.07, 6.45) is 6.43. The van der Waals surface area contributed by atoms with E-state index in [2.05, 4.69) is 11.9 Å². The van der Waals surface area contributed by atoms with Crippen LogP contribution >= 0.6 is 11.8 Å². The van der Waals surface area contributed by atoms with Gasteiger partial charge in [0.1, 0.15) is 0 Å². The molecule has 0 radical (unpaired) electrons. The van der Waals surface area contributed by atoms with E-state index in [4.69, 9.17) is 0 Å². The molecule has 4 nitrogen and oxygen atoms in total. The minimum atomic E-state index is -0.663. The highest BCUT2D eigenvalue weighted by Gasteiger charge is 2.34. The number of carbonyl (C=O) groups is 1. The van der Waals surface area contributed by atoms with Gasteiger partial charge in [-0.25, -0.2) is 4.98 Å². The Bertz CT molecular complexity index is 405. The summed E-state index contributed by atoms with van der Waals surface area (Å²) in [5.74, 6) is -0.278. The molecule has 17 heavy (non-hydrogen) atoms. The molecule has 94 valence electrons. The number of hydrogen-bond acceptors (Lipinski definition) is 3. The number of imidazole rings is 1. The van der Waals surface area contributed by atoms with Gasteiger partial charge in [-0.3, -0.25) is 4.79 Å². The maximum atomic E-state index is 11.2. The average Bonchev–Trinajstić information content (AvgIpc) is 2.64. The molecule has 0 amide bonds. The number of thioether (sulfide) groups is 1. The van der Waals surface area contributed by atoms with Gasteiger partial charge in [-0.15, -0.1) is 0 Å². The molecule has 0 bridgehead atoms. The first-order valence-electron chi connectivity index (χ1n) is 5.94. The highest BCUT2D eigenvalue weighted by atomic mass is 32.2. The maximum Gasteiger partial charge on any atom is 0.307 e. The Morgan fingerprint density at radius 3 is 2.94 bits per heavy atom. The minimum absolute atomic E-state index is 0.150. The van der Waals surface area contributed by atoms with E-state index in [0.29, 0.717) is 5.92 Å². The molecule has 0 saturated heterocycles. The molecule has 5 heteroatoms. The fraction of sp³-hybridized carbons (Fsp3) is 0.667. The van der Waals surface area contributed by atoms with Crippen molar-refractivity contribution in [2.24, 2.45) is 18.9 Å². The predicted molar refractivity (Wildman–Crippen MR) is 67.0 cm³/mol. The van der Waals surface area contributed by atoms with Crippen molar-refractivity contribution in [2.45, 2.75) is 36.6 Å².